The Hall–Kier alpha value is -2.73. The highest BCUT2D eigenvalue weighted by atomic mass is 32.2. The van der Waals surface area contributed by atoms with Gasteiger partial charge in [-0.3, -0.25) is 9.78 Å². The molecule has 0 unspecified atom stereocenters. The van der Waals surface area contributed by atoms with Gasteiger partial charge in [0, 0.05) is 18.1 Å². The first kappa shape index (κ1) is 19.6. The van der Waals surface area contributed by atoms with Crippen LogP contribution >= 0.6 is 0 Å². The van der Waals surface area contributed by atoms with Gasteiger partial charge < -0.3 is 5.32 Å². The number of carbonyl (C=O) groups is 1. The third-order valence-corrected chi connectivity index (χ3v) is 8.28. The first-order chi connectivity index (χ1) is 14.0. The third kappa shape index (κ3) is 3.65. The number of nitrogens with one attached hydrogen (secondary N) is 1. The van der Waals surface area contributed by atoms with Crippen LogP contribution in [0.3, 0.4) is 0 Å². The smallest absolute Gasteiger partial charge is 0.242 e. The van der Waals surface area contributed by atoms with Crippen molar-refractivity contribution >= 4 is 26.6 Å². The summed E-state index contributed by atoms with van der Waals surface area (Å²) in [4.78, 5) is 17.8. The minimum atomic E-state index is -3.78. The van der Waals surface area contributed by atoms with Gasteiger partial charge >= 0.3 is 0 Å². The van der Waals surface area contributed by atoms with E-state index in [4.69, 9.17) is 0 Å². The molecule has 1 heterocycles. The predicted octanol–water partition coefficient (Wildman–Crippen LogP) is 4.03. The van der Waals surface area contributed by atoms with E-state index in [2.05, 4.69) is 10.3 Å². The molecular weight excluding hydrogens is 384 g/mol. The maximum absolute atomic E-state index is 13.5. The average molecular weight is 409 g/mol. The molecular formula is C23H24N2O3S. The average Bonchev–Trinajstić information content (AvgIpc) is 2.78. The summed E-state index contributed by atoms with van der Waals surface area (Å²) in [7, 11) is -3.78. The highest BCUT2D eigenvalue weighted by Gasteiger charge is 2.51. The van der Waals surface area contributed by atoms with E-state index in [-0.39, 0.29) is 11.4 Å². The number of carbonyl (C=O) groups excluding carboxylic acids is 1. The van der Waals surface area contributed by atoms with Crippen LogP contribution in [-0.4, -0.2) is 24.1 Å². The van der Waals surface area contributed by atoms with E-state index < -0.39 is 20.5 Å². The van der Waals surface area contributed by atoms with E-state index >= 15 is 0 Å². The lowest BCUT2D eigenvalue weighted by atomic mass is 9.87. The Morgan fingerprint density at radius 2 is 1.72 bits per heavy atom. The number of sulfone groups is 1. The van der Waals surface area contributed by atoms with E-state index in [1.807, 2.05) is 30.3 Å². The number of nitrogens with zero attached hydrogens (tertiary/aromatic N) is 1. The summed E-state index contributed by atoms with van der Waals surface area (Å²) in [6.45, 7) is 0.287. The summed E-state index contributed by atoms with van der Waals surface area (Å²) < 4.78 is 25.5. The van der Waals surface area contributed by atoms with Gasteiger partial charge in [0.1, 0.15) is 0 Å². The minimum absolute atomic E-state index is 0.217. The Morgan fingerprint density at radius 3 is 2.48 bits per heavy atom. The van der Waals surface area contributed by atoms with E-state index in [0.29, 0.717) is 12.8 Å². The zero-order chi connectivity index (χ0) is 20.3. The van der Waals surface area contributed by atoms with Crippen molar-refractivity contribution in [3.05, 3.63) is 72.4 Å². The fraction of sp³-hybridized carbons (Fsp3) is 0.304. The van der Waals surface area contributed by atoms with Gasteiger partial charge in [-0.25, -0.2) is 8.42 Å². The Labute approximate surface area is 171 Å². The van der Waals surface area contributed by atoms with Gasteiger partial charge in [-0.2, -0.15) is 0 Å². The van der Waals surface area contributed by atoms with Crippen LogP contribution in [0.25, 0.3) is 10.9 Å². The van der Waals surface area contributed by atoms with E-state index in [9.17, 15) is 13.2 Å². The summed E-state index contributed by atoms with van der Waals surface area (Å²) in [5, 5.41) is 3.90. The van der Waals surface area contributed by atoms with Crippen LogP contribution < -0.4 is 5.32 Å². The number of pyridine rings is 1. The first-order valence-electron chi connectivity index (χ1n) is 9.95. The quantitative estimate of drug-likeness (QED) is 0.692. The topological polar surface area (TPSA) is 76.1 Å². The van der Waals surface area contributed by atoms with Gasteiger partial charge in [-0.15, -0.1) is 0 Å². The second-order valence-corrected chi connectivity index (χ2v) is 9.84. The first-order valence-corrected chi connectivity index (χ1v) is 11.4. The number of rotatable bonds is 5. The van der Waals surface area contributed by atoms with Crippen molar-refractivity contribution < 1.29 is 13.2 Å². The summed E-state index contributed by atoms with van der Waals surface area (Å²) in [5.41, 5.74) is 1.81. The van der Waals surface area contributed by atoms with Crippen LogP contribution in [0, 0.1) is 0 Å². The number of hydrogen-bond acceptors (Lipinski definition) is 4. The van der Waals surface area contributed by atoms with Gasteiger partial charge in [0.05, 0.1) is 10.4 Å². The van der Waals surface area contributed by atoms with Crippen molar-refractivity contribution in [1.82, 2.24) is 10.3 Å². The monoisotopic (exact) mass is 408 g/mol. The molecule has 0 radical (unpaired) electrons. The lowest BCUT2D eigenvalue weighted by Gasteiger charge is -2.35. The molecule has 0 aliphatic heterocycles. The Bertz CT molecular complexity index is 1120. The molecule has 0 atom stereocenters. The highest BCUT2D eigenvalue weighted by Crippen LogP contribution is 2.39. The number of benzene rings is 2. The number of fused-ring (bicyclic) bond motifs is 1. The second-order valence-electron chi connectivity index (χ2n) is 7.58. The maximum Gasteiger partial charge on any atom is 0.242 e. The van der Waals surface area contributed by atoms with Gasteiger partial charge in [-0.05, 0) is 48.7 Å². The van der Waals surface area contributed by atoms with Crippen LogP contribution in [0.4, 0.5) is 0 Å². The minimum Gasteiger partial charge on any atom is -0.351 e. The molecule has 1 fully saturated rings. The molecule has 0 bridgehead atoms. The molecule has 6 heteroatoms. The predicted molar refractivity (Wildman–Crippen MR) is 113 cm³/mol. The van der Waals surface area contributed by atoms with Crippen molar-refractivity contribution in [2.75, 3.05) is 0 Å². The normalized spacial score (nSPS) is 16.4. The van der Waals surface area contributed by atoms with Gasteiger partial charge in [-0.1, -0.05) is 49.6 Å². The molecule has 1 aliphatic carbocycles. The largest absolute Gasteiger partial charge is 0.351 e. The zero-order valence-electron chi connectivity index (χ0n) is 16.2. The van der Waals surface area contributed by atoms with Gasteiger partial charge in [0.15, 0.2) is 14.6 Å². The number of amides is 1. The lowest BCUT2D eigenvalue weighted by molar-refractivity contribution is -0.124. The third-order valence-electron chi connectivity index (χ3n) is 5.76. The SMILES string of the molecule is O=C(NCc1ccc2ncccc2c1)C1(S(=O)(=O)c2ccccc2)CCCCC1. The molecule has 0 spiro atoms. The molecule has 1 aromatic heterocycles. The van der Waals surface area contributed by atoms with E-state index in [1.165, 1.54) is 0 Å². The maximum atomic E-state index is 13.5. The molecule has 2 aromatic carbocycles. The van der Waals surface area contributed by atoms with Crippen LogP contribution in [-0.2, 0) is 21.2 Å². The molecule has 5 nitrogen and oxygen atoms in total. The molecule has 0 saturated heterocycles. The van der Waals surface area contributed by atoms with E-state index in [0.717, 1.165) is 35.7 Å². The number of hydrogen-bond donors (Lipinski definition) is 1. The molecule has 29 heavy (non-hydrogen) atoms. The molecule has 4 rings (SSSR count). The molecule has 1 aliphatic rings. The Balaban J connectivity index is 1.60. The number of aromatic nitrogens is 1. The molecule has 1 amide bonds. The second kappa shape index (κ2) is 7.95. The standard InChI is InChI=1S/C23H24N2O3S/c26-22(25-17-18-11-12-21-19(16-18)8-7-15-24-21)23(13-5-2-6-14-23)29(27,28)20-9-3-1-4-10-20/h1,3-4,7-12,15-16H,2,5-6,13-14,17H2,(H,25,26). The molecule has 1 N–H and O–H groups in total. The van der Waals surface area contributed by atoms with Gasteiger partial charge in [0.2, 0.25) is 5.91 Å². The van der Waals surface area contributed by atoms with Crippen molar-refractivity contribution in [3.8, 4) is 0 Å². The summed E-state index contributed by atoms with van der Waals surface area (Å²) in [6.07, 6.45) is 4.89. The van der Waals surface area contributed by atoms with Crippen LogP contribution in [0.1, 0.15) is 37.7 Å². The summed E-state index contributed by atoms with van der Waals surface area (Å²) in [6, 6.07) is 18.0. The molecule has 150 valence electrons. The fourth-order valence-corrected chi connectivity index (χ4v) is 6.25. The summed E-state index contributed by atoms with van der Waals surface area (Å²) >= 11 is 0. The van der Waals surface area contributed by atoms with Crippen molar-refractivity contribution in [2.45, 2.75) is 48.3 Å². The Morgan fingerprint density at radius 1 is 0.966 bits per heavy atom. The Kier molecular flexibility index (Phi) is 5.37. The molecule has 1 saturated carbocycles. The van der Waals surface area contributed by atoms with Crippen LogP contribution in [0.15, 0.2) is 71.8 Å². The fourth-order valence-electron chi connectivity index (χ4n) is 4.14. The lowest BCUT2D eigenvalue weighted by Crippen LogP contribution is -2.53. The van der Waals surface area contributed by atoms with Crippen molar-refractivity contribution in [1.29, 1.82) is 0 Å². The van der Waals surface area contributed by atoms with Crippen molar-refractivity contribution in [2.24, 2.45) is 0 Å². The summed E-state index contributed by atoms with van der Waals surface area (Å²) in [5.74, 6) is -0.396. The molecule has 3 aromatic rings. The highest BCUT2D eigenvalue weighted by molar-refractivity contribution is 7.93. The van der Waals surface area contributed by atoms with E-state index in [1.54, 1.807) is 36.5 Å². The van der Waals surface area contributed by atoms with Crippen LogP contribution in [0.5, 0.6) is 0 Å². The van der Waals surface area contributed by atoms with Crippen LogP contribution in [0.2, 0.25) is 0 Å². The zero-order valence-corrected chi connectivity index (χ0v) is 17.0. The van der Waals surface area contributed by atoms with Crippen molar-refractivity contribution in [3.63, 3.8) is 0 Å². The van der Waals surface area contributed by atoms with Gasteiger partial charge in [0.25, 0.3) is 0 Å².